The summed E-state index contributed by atoms with van der Waals surface area (Å²) in [4.78, 5) is 4.38. The van der Waals surface area contributed by atoms with E-state index in [1.807, 2.05) is 0 Å². The summed E-state index contributed by atoms with van der Waals surface area (Å²) in [5.41, 5.74) is 0.660. The topological polar surface area (TPSA) is 82.1 Å². The molecule has 0 aliphatic heterocycles. The highest BCUT2D eigenvalue weighted by Gasteiger charge is 2.16. The zero-order chi connectivity index (χ0) is 17.8. The summed E-state index contributed by atoms with van der Waals surface area (Å²) < 4.78 is 32.0. The summed E-state index contributed by atoms with van der Waals surface area (Å²) in [6.07, 6.45) is 8.87. The molecule has 6 nitrogen and oxygen atoms in total. The lowest BCUT2D eigenvalue weighted by atomic mass is 10.0. The van der Waals surface area contributed by atoms with Crippen LogP contribution >= 0.6 is 0 Å². The second kappa shape index (κ2) is 11.3. The van der Waals surface area contributed by atoms with Gasteiger partial charge in [-0.15, -0.1) is 0 Å². The average molecular weight is 360 g/mol. The zero-order valence-corrected chi connectivity index (χ0v) is 15.3. The van der Waals surface area contributed by atoms with Crippen molar-refractivity contribution in [3.8, 4) is 11.5 Å². The Kier molecular flexibility index (Phi) is 9.75. The first-order chi connectivity index (χ1) is 11.5. The molecule has 7 heteroatoms. The fourth-order valence-corrected chi connectivity index (χ4v) is 2.91. The summed E-state index contributed by atoms with van der Waals surface area (Å²) >= 11 is 0. The summed E-state index contributed by atoms with van der Waals surface area (Å²) in [6, 6.07) is 4.30. The molecule has 0 aromatic heterocycles. The first-order valence-electron chi connectivity index (χ1n) is 8.56. The standard InChI is InChI=1S/C17H28O6S/c1-3-5-6-7-8-9-10-11-15-14-16(12-13-17(15)18)22-24(19,20)23-21-4-2/h12-14,18H,3-11H2,1-2H3. The normalized spacial score (nSPS) is 11.6. The number of hydrogen-bond acceptors (Lipinski definition) is 6. The van der Waals surface area contributed by atoms with E-state index in [-0.39, 0.29) is 18.1 Å². The van der Waals surface area contributed by atoms with Crippen LogP contribution in [0.25, 0.3) is 0 Å². The number of rotatable bonds is 13. The van der Waals surface area contributed by atoms with Crippen molar-refractivity contribution in [1.29, 1.82) is 0 Å². The number of phenolic OH excluding ortho intramolecular Hbond substituents is 1. The van der Waals surface area contributed by atoms with Crippen LogP contribution in [0.2, 0.25) is 0 Å². The van der Waals surface area contributed by atoms with Gasteiger partial charge in [-0.1, -0.05) is 49.8 Å². The molecule has 0 radical (unpaired) electrons. The Balaban J connectivity index is 2.48. The Bertz CT molecular complexity index is 570. The van der Waals surface area contributed by atoms with Crippen LogP contribution in [-0.4, -0.2) is 20.1 Å². The molecule has 0 fully saturated rings. The van der Waals surface area contributed by atoms with Gasteiger partial charge in [0, 0.05) is 0 Å². The van der Waals surface area contributed by atoms with Crippen molar-refractivity contribution in [1.82, 2.24) is 0 Å². The SMILES string of the molecule is CCCCCCCCCc1cc(OS(=O)(=O)OOCC)ccc1O. The highest BCUT2D eigenvalue weighted by molar-refractivity contribution is 7.82. The van der Waals surface area contributed by atoms with Crippen molar-refractivity contribution in [3.05, 3.63) is 23.8 Å². The van der Waals surface area contributed by atoms with Gasteiger partial charge in [-0.2, -0.15) is 8.42 Å². The molecule has 0 saturated heterocycles. The second-order valence-corrected chi connectivity index (χ2v) is 6.75. The molecule has 138 valence electrons. The van der Waals surface area contributed by atoms with Crippen molar-refractivity contribution in [2.75, 3.05) is 6.61 Å². The lowest BCUT2D eigenvalue weighted by Gasteiger charge is -2.09. The minimum absolute atomic E-state index is 0.0850. The Morgan fingerprint density at radius 2 is 1.67 bits per heavy atom. The lowest BCUT2D eigenvalue weighted by molar-refractivity contribution is -0.202. The monoisotopic (exact) mass is 360 g/mol. The maximum absolute atomic E-state index is 11.5. The molecular weight excluding hydrogens is 332 g/mol. The van der Waals surface area contributed by atoms with Gasteiger partial charge in [0.2, 0.25) is 0 Å². The van der Waals surface area contributed by atoms with Crippen molar-refractivity contribution in [3.63, 3.8) is 0 Å². The van der Waals surface area contributed by atoms with E-state index in [0.717, 1.165) is 12.8 Å². The van der Waals surface area contributed by atoms with Crippen LogP contribution in [-0.2, 0) is 26.0 Å². The molecule has 0 unspecified atom stereocenters. The van der Waals surface area contributed by atoms with E-state index in [0.29, 0.717) is 12.0 Å². The van der Waals surface area contributed by atoms with E-state index in [4.69, 9.17) is 4.18 Å². The van der Waals surface area contributed by atoms with E-state index in [9.17, 15) is 13.5 Å². The minimum Gasteiger partial charge on any atom is -0.508 e. The van der Waals surface area contributed by atoms with Gasteiger partial charge in [0.05, 0.1) is 6.61 Å². The highest BCUT2D eigenvalue weighted by Crippen LogP contribution is 2.26. The average Bonchev–Trinajstić information content (AvgIpc) is 2.54. The molecule has 1 aromatic rings. The van der Waals surface area contributed by atoms with Gasteiger partial charge in [0.25, 0.3) is 0 Å². The van der Waals surface area contributed by atoms with Crippen LogP contribution in [0.3, 0.4) is 0 Å². The Labute approximate surface area is 145 Å². The van der Waals surface area contributed by atoms with Crippen LogP contribution in [0.5, 0.6) is 11.5 Å². The molecule has 0 heterocycles. The molecule has 1 N–H and O–H groups in total. The summed E-state index contributed by atoms with van der Waals surface area (Å²) in [5, 5.41) is 9.89. The van der Waals surface area contributed by atoms with Gasteiger partial charge in [-0.3, -0.25) is 0 Å². The number of hydrogen-bond donors (Lipinski definition) is 1. The Morgan fingerprint density at radius 3 is 2.33 bits per heavy atom. The number of unbranched alkanes of at least 4 members (excludes halogenated alkanes) is 6. The quantitative estimate of drug-likeness (QED) is 0.321. The second-order valence-electron chi connectivity index (χ2n) is 5.63. The lowest BCUT2D eigenvalue weighted by Crippen LogP contribution is -2.13. The molecule has 0 amide bonds. The van der Waals surface area contributed by atoms with Crippen LogP contribution in [0, 0.1) is 0 Å². The van der Waals surface area contributed by atoms with E-state index in [1.54, 1.807) is 6.92 Å². The fraction of sp³-hybridized carbons (Fsp3) is 0.647. The predicted molar refractivity (Wildman–Crippen MR) is 92.1 cm³/mol. The van der Waals surface area contributed by atoms with Gasteiger partial charge in [-0.25, -0.2) is 4.89 Å². The molecular formula is C17H28O6S. The highest BCUT2D eigenvalue weighted by atomic mass is 32.3. The summed E-state index contributed by atoms with van der Waals surface area (Å²) in [5.74, 6) is 0.224. The predicted octanol–water partition coefficient (Wildman–Crippen LogP) is 4.28. The minimum atomic E-state index is -4.27. The third-order valence-corrected chi connectivity index (χ3v) is 4.21. The number of aromatic hydroxyl groups is 1. The number of phenols is 1. The molecule has 0 saturated carbocycles. The van der Waals surface area contributed by atoms with Crippen molar-refractivity contribution in [2.24, 2.45) is 0 Å². The van der Waals surface area contributed by atoms with Crippen molar-refractivity contribution >= 4 is 10.4 Å². The first kappa shape index (κ1) is 20.7. The molecule has 0 atom stereocenters. The van der Waals surface area contributed by atoms with Gasteiger partial charge >= 0.3 is 10.4 Å². The van der Waals surface area contributed by atoms with Gasteiger partial charge in [-0.05, 0) is 43.5 Å². The van der Waals surface area contributed by atoms with Gasteiger partial charge < -0.3 is 9.29 Å². The van der Waals surface area contributed by atoms with Crippen LogP contribution in [0.1, 0.15) is 64.4 Å². The van der Waals surface area contributed by atoms with Gasteiger partial charge in [0.15, 0.2) is 0 Å². The summed E-state index contributed by atoms with van der Waals surface area (Å²) in [6.45, 7) is 3.87. The van der Waals surface area contributed by atoms with E-state index in [2.05, 4.69) is 16.1 Å². The van der Waals surface area contributed by atoms with Gasteiger partial charge in [0.1, 0.15) is 11.5 Å². The number of benzene rings is 1. The largest absolute Gasteiger partial charge is 0.508 e. The molecule has 0 bridgehead atoms. The van der Waals surface area contributed by atoms with Crippen LogP contribution < -0.4 is 4.18 Å². The van der Waals surface area contributed by atoms with E-state index < -0.39 is 10.4 Å². The third-order valence-electron chi connectivity index (χ3n) is 3.55. The molecule has 0 aliphatic carbocycles. The molecule has 1 aromatic carbocycles. The number of aryl methyl sites for hydroxylation is 1. The molecule has 1 rings (SSSR count). The molecule has 0 spiro atoms. The maximum atomic E-state index is 11.5. The van der Waals surface area contributed by atoms with E-state index in [1.165, 1.54) is 50.3 Å². The maximum Gasteiger partial charge on any atom is 0.476 e. The first-order valence-corrected chi connectivity index (χ1v) is 9.89. The molecule has 24 heavy (non-hydrogen) atoms. The Hall–Kier alpha value is -1.31. The summed E-state index contributed by atoms with van der Waals surface area (Å²) in [7, 11) is -4.27. The van der Waals surface area contributed by atoms with Crippen molar-refractivity contribution < 1.29 is 26.9 Å². The third kappa shape index (κ3) is 8.52. The van der Waals surface area contributed by atoms with Crippen LogP contribution in [0.15, 0.2) is 18.2 Å². The van der Waals surface area contributed by atoms with Crippen molar-refractivity contribution in [2.45, 2.75) is 65.2 Å². The van der Waals surface area contributed by atoms with Crippen LogP contribution in [0.4, 0.5) is 0 Å². The smallest absolute Gasteiger partial charge is 0.476 e. The zero-order valence-electron chi connectivity index (χ0n) is 14.5. The van der Waals surface area contributed by atoms with E-state index >= 15 is 0 Å². The molecule has 0 aliphatic rings. The fourth-order valence-electron chi connectivity index (χ4n) is 2.33. The Morgan fingerprint density at radius 1 is 1.00 bits per heavy atom.